The number of hydrogen-bond donors (Lipinski definition) is 1. The highest BCUT2D eigenvalue weighted by atomic mass is 19.4. The molecular weight excluding hydrogens is 577 g/mol. The van der Waals surface area contributed by atoms with Gasteiger partial charge in [-0.15, -0.1) is 0 Å². The first-order chi connectivity index (χ1) is 18.8. The normalized spacial score (nSPS) is 19.3. The number of esters is 1. The molecule has 1 amide bonds. The zero-order valence-electron chi connectivity index (χ0n) is 21.7. The monoisotopic (exact) mass is 601 g/mol. The van der Waals surface area contributed by atoms with Crippen LogP contribution >= 0.6 is 0 Å². The van der Waals surface area contributed by atoms with Gasteiger partial charge in [0, 0.05) is 12.0 Å². The summed E-state index contributed by atoms with van der Waals surface area (Å²) < 4.78 is 133. The van der Waals surface area contributed by atoms with Gasteiger partial charge in [-0.3, -0.25) is 4.90 Å². The zero-order chi connectivity index (χ0) is 31.1. The van der Waals surface area contributed by atoms with Crippen LogP contribution in [0.25, 0.3) is 0 Å². The average molecular weight is 601 g/mol. The van der Waals surface area contributed by atoms with Gasteiger partial charge in [-0.1, -0.05) is 6.92 Å². The molecule has 3 atom stereocenters. The van der Waals surface area contributed by atoms with Crippen LogP contribution < -0.4 is 4.90 Å². The minimum atomic E-state index is -5.37. The van der Waals surface area contributed by atoms with Crippen LogP contribution in [0.5, 0.6) is 0 Å². The van der Waals surface area contributed by atoms with Crippen molar-refractivity contribution in [1.29, 1.82) is 0 Å². The van der Waals surface area contributed by atoms with Crippen LogP contribution in [-0.4, -0.2) is 36.9 Å². The van der Waals surface area contributed by atoms with E-state index in [0.29, 0.717) is 19.2 Å². The fourth-order valence-corrected chi connectivity index (χ4v) is 4.91. The summed E-state index contributed by atoms with van der Waals surface area (Å²) in [5.41, 5.74) is -10.5. The molecule has 6 nitrogen and oxygen atoms in total. The summed E-state index contributed by atoms with van der Waals surface area (Å²) >= 11 is 0. The van der Waals surface area contributed by atoms with Crippen molar-refractivity contribution >= 4 is 17.7 Å². The molecule has 0 aliphatic carbocycles. The van der Waals surface area contributed by atoms with E-state index in [9.17, 15) is 54.2 Å². The molecule has 226 valence electrons. The van der Waals surface area contributed by atoms with E-state index in [1.54, 1.807) is 0 Å². The number of nitrogens with zero attached hydrogens (tertiary/aromatic N) is 1. The highest BCUT2D eigenvalue weighted by molar-refractivity contribution is 5.92. The largest absolute Gasteiger partial charge is 0.467 e. The van der Waals surface area contributed by atoms with Gasteiger partial charge in [0.15, 0.2) is 5.60 Å². The Kier molecular flexibility index (Phi) is 8.64. The third-order valence-corrected chi connectivity index (χ3v) is 6.83. The van der Waals surface area contributed by atoms with Crippen molar-refractivity contribution in [3.63, 3.8) is 0 Å². The van der Waals surface area contributed by atoms with Crippen molar-refractivity contribution in [2.75, 3.05) is 18.6 Å². The SMILES string of the molecule is CCOC(=O)N1c2ccc(C(F)(F)F)cc2C([C@](O)(C(=O)OC)c2cc(C(F)(F)F)cc(C(F)(F)F)c2)CC1CC. The Hall–Kier alpha value is -3.49. The molecule has 0 saturated carbocycles. The number of aliphatic hydroxyl groups is 1. The van der Waals surface area contributed by atoms with Crippen molar-refractivity contribution in [3.05, 3.63) is 64.2 Å². The smallest absolute Gasteiger partial charge is 0.416 e. The maximum absolute atomic E-state index is 13.7. The number of fused-ring (bicyclic) bond motifs is 1. The number of carbonyl (C=O) groups is 2. The maximum Gasteiger partial charge on any atom is 0.416 e. The molecule has 0 saturated heterocycles. The molecule has 2 aromatic carbocycles. The molecule has 41 heavy (non-hydrogen) atoms. The minimum absolute atomic E-state index is 0.0451. The standard InChI is InChI=1S/C26H24F9NO5/c1-4-17-12-19(18-11-13(24(27,28)29)6-7-20(18)36(17)22(38)41-5-2)23(39,21(37)40-3)14-8-15(25(30,31)32)10-16(9-14)26(33,34)35/h6-11,17,19,39H,4-5,12H2,1-3H3/t17?,19?,23-/m0/s1. The Labute approximate surface area is 227 Å². The van der Waals surface area contributed by atoms with E-state index < -0.39 is 82.4 Å². The Morgan fingerprint density at radius 3 is 1.80 bits per heavy atom. The minimum Gasteiger partial charge on any atom is -0.467 e. The maximum atomic E-state index is 13.7. The van der Waals surface area contributed by atoms with Gasteiger partial charge in [0.05, 0.1) is 36.1 Å². The first-order valence-electron chi connectivity index (χ1n) is 12.1. The van der Waals surface area contributed by atoms with Gasteiger partial charge < -0.3 is 14.6 Å². The van der Waals surface area contributed by atoms with Gasteiger partial charge in [0.25, 0.3) is 0 Å². The van der Waals surface area contributed by atoms with E-state index in [0.717, 1.165) is 11.0 Å². The number of amides is 1. The van der Waals surface area contributed by atoms with Gasteiger partial charge in [0.2, 0.25) is 0 Å². The number of methoxy groups -OCH3 is 1. The molecule has 1 N–H and O–H groups in total. The number of alkyl halides is 9. The Morgan fingerprint density at radius 2 is 1.37 bits per heavy atom. The van der Waals surface area contributed by atoms with Crippen LogP contribution in [0.4, 0.5) is 50.0 Å². The molecule has 1 aliphatic heterocycles. The summed E-state index contributed by atoms with van der Waals surface area (Å²) in [4.78, 5) is 26.9. The molecule has 0 radical (unpaired) electrons. The van der Waals surface area contributed by atoms with Crippen LogP contribution in [-0.2, 0) is 38.4 Å². The fraction of sp³-hybridized carbons (Fsp3) is 0.462. The molecule has 3 rings (SSSR count). The molecule has 15 heteroatoms. The first kappa shape index (κ1) is 32.0. The van der Waals surface area contributed by atoms with E-state index in [4.69, 9.17) is 4.74 Å². The third kappa shape index (κ3) is 6.09. The van der Waals surface area contributed by atoms with E-state index in [1.165, 1.54) is 13.8 Å². The molecular formula is C26H24F9NO5. The van der Waals surface area contributed by atoms with Crippen molar-refractivity contribution in [1.82, 2.24) is 0 Å². The molecule has 0 fully saturated rings. The number of ether oxygens (including phenoxy) is 2. The lowest BCUT2D eigenvalue weighted by molar-refractivity contribution is -0.168. The van der Waals surface area contributed by atoms with Crippen molar-refractivity contribution < 1.29 is 63.7 Å². The summed E-state index contributed by atoms with van der Waals surface area (Å²) in [6.07, 6.45) is -17.2. The predicted molar refractivity (Wildman–Crippen MR) is 125 cm³/mol. The van der Waals surface area contributed by atoms with E-state index >= 15 is 0 Å². The lowest BCUT2D eigenvalue weighted by Crippen LogP contribution is -2.51. The Morgan fingerprint density at radius 1 is 0.854 bits per heavy atom. The van der Waals surface area contributed by atoms with Crippen LogP contribution in [0.15, 0.2) is 36.4 Å². The zero-order valence-corrected chi connectivity index (χ0v) is 21.7. The second-order valence-electron chi connectivity index (χ2n) is 9.24. The second-order valence-corrected chi connectivity index (χ2v) is 9.24. The van der Waals surface area contributed by atoms with Gasteiger partial charge in [0.1, 0.15) is 0 Å². The predicted octanol–water partition coefficient (Wildman–Crippen LogP) is 7.03. The lowest BCUT2D eigenvalue weighted by Gasteiger charge is -2.45. The summed E-state index contributed by atoms with van der Waals surface area (Å²) in [6, 6.07) is 0.917. The molecule has 2 aromatic rings. The van der Waals surface area contributed by atoms with Crippen LogP contribution in [0.1, 0.15) is 60.4 Å². The summed E-state index contributed by atoms with van der Waals surface area (Å²) in [5, 5.41) is 11.8. The molecule has 1 heterocycles. The van der Waals surface area contributed by atoms with Crippen LogP contribution in [0.2, 0.25) is 0 Å². The summed E-state index contributed by atoms with van der Waals surface area (Å²) in [5.74, 6) is -3.62. The van der Waals surface area contributed by atoms with E-state index in [1.807, 2.05) is 0 Å². The number of rotatable bonds is 5. The lowest BCUT2D eigenvalue weighted by atomic mass is 9.70. The fourth-order valence-electron chi connectivity index (χ4n) is 4.91. The number of halogens is 9. The number of benzene rings is 2. The highest BCUT2D eigenvalue weighted by Gasteiger charge is 2.54. The molecule has 0 aromatic heterocycles. The molecule has 2 unspecified atom stereocenters. The van der Waals surface area contributed by atoms with Gasteiger partial charge in [-0.25, -0.2) is 9.59 Å². The molecule has 1 aliphatic rings. The van der Waals surface area contributed by atoms with Gasteiger partial charge >= 0.3 is 30.6 Å². The Balaban J connectivity index is 2.43. The second kappa shape index (κ2) is 11.1. The number of carbonyl (C=O) groups excluding carboxylic acids is 2. The Bertz CT molecular complexity index is 1270. The number of anilines is 1. The molecule has 0 spiro atoms. The summed E-state index contributed by atoms with van der Waals surface area (Å²) in [7, 11) is 0.698. The van der Waals surface area contributed by atoms with E-state index in [2.05, 4.69) is 4.74 Å². The first-order valence-corrected chi connectivity index (χ1v) is 12.1. The van der Waals surface area contributed by atoms with Crippen molar-refractivity contribution in [2.45, 2.75) is 62.8 Å². The summed E-state index contributed by atoms with van der Waals surface area (Å²) in [6.45, 7) is 2.86. The van der Waals surface area contributed by atoms with Gasteiger partial charge in [-0.05, 0) is 67.3 Å². The van der Waals surface area contributed by atoms with Crippen molar-refractivity contribution in [2.24, 2.45) is 0 Å². The van der Waals surface area contributed by atoms with E-state index in [-0.39, 0.29) is 36.9 Å². The quantitative estimate of drug-likeness (QED) is 0.294. The van der Waals surface area contributed by atoms with Gasteiger partial charge in [-0.2, -0.15) is 39.5 Å². The highest BCUT2D eigenvalue weighted by Crippen LogP contribution is 2.52. The number of hydrogen-bond acceptors (Lipinski definition) is 5. The van der Waals surface area contributed by atoms with Crippen LogP contribution in [0.3, 0.4) is 0 Å². The third-order valence-electron chi connectivity index (χ3n) is 6.83. The van der Waals surface area contributed by atoms with Crippen LogP contribution in [0, 0.1) is 0 Å². The average Bonchev–Trinajstić information content (AvgIpc) is 2.89. The van der Waals surface area contributed by atoms with Crippen molar-refractivity contribution in [3.8, 4) is 0 Å². The topological polar surface area (TPSA) is 76.1 Å². The molecule has 0 bridgehead atoms.